The first-order valence-electron chi connectivity index (χ1n) is 3.78. The Labute approximate surface area is 69.3 Å². The van der Waals surface area contributed by atoms with Crippen LogP contribution >= 0.6 is 0 Å². The highest BCUT2D eigenvalue weighted by atomic mass is 14.5. The Kier molecular flexibility index (Phi) is 4.55. The van der Waals surface area contributed by atoms with Crippen molar-refractivity contribution in [2.45, 2.75) is 20.8 Å². The molecule has 0 aliphatic heterocycles. The molecule has 1 heteroatoms. The van der Waals surface area contributed by atoms with Crippen molar-refractivity contribution in [3.8, 4) is 0 Å². The van der Waals surface area contributed by atoms with Crippen LogP contribution < -0.4 is 5.73 Å². The maximum absolute atomic E-state index is 5.37. The Balaban J connectivity index is 4.15. The van der Waals surface area contributed by atoms with Gasteiger partial charge in [0.15, 0.2) is 0 Å². The van der Waals surface area contributed by atoms with Crippen molar-refractivity contribution in [1.82, 2.24) is 0 Å². The summed E-state index contributed by atoms with van der Waals surface area (Å²) in [6.45, 7) is 10.6. The molecule has 0 fully saturated rings. The van der Waals surface area contributed by atoms with Crippen LogP contribution in [0, 0.1) is 0 Å². The molecule has 0 unspecified atom stereocenters. The van der Waals surface area contributed by atoms with E-state index in [1.165, 1.54) is 11.1 Å². The van der Waals surface area contributed by atoms with Gasteiger partial charge in [-0.25, -0.2) is 0 Å². The van der Waals surface area contributed by atoms with Crippen LogP contribution in [0.4, 0.5) is 0 Å². The predicted octanol–water partition coefficient (Wildman–Crippen LogP) is 2.41. The Hall–Kier alpha value is -0.820. The second-order valence-corrected chi connectivity index (χ2v) is 2.88. The first-order chi connectivity index (χ1) is 5.07. The summed E-state index contributed by atoms with van der Waals surface area (Å²) < 4.78 is 0. The molecule has 0 heterocycles. The van der Waals surface area contributed by atoms with Gasteiger partial charge >= 0.3 is 0 Å². The fourth-order valence-corrected chi connectivity index (χ4v) is 0.478. The number of rotatable bonds is 3. The fourth-order valence-electron chi connectivity index (χ4n) is 0.478. The minimum atomic E-state index is 0.534. The van der Waals surface area contributed by atoms with Crippen molar-refractivity contribution in [1.29, 1.82) is 0 Å². The number of hydrogen-bond acceptors (Lipinski definition) is 1. The largest absolute Gasteiger partial charge is 0.327 e. The second-order valence-electron chi connectivity index (χ2n) is 2.88. The maximum atomic E-state index is 5.37. The summed E-state index contributed by atoms with van der Waals surface area (Å²) >= 11 is 0. The normalized spacial score (nSPS) is 10.2. The van der Waals surface area contributed by atoms with Gasteiger partial charge in [0.1, 0.15) is 0 Å². The lowest BCUT2D eigenvalue weighted by molar-refractivity contribution is 1.19. The zero-order valence-corrected chi connectivity index (χ0v) is 7.65. The molecule has 0 atom stereocenters. The van der Waals surface area contributed by atoms with Gasteiger partial charge in [-0.2, -0.15) is 0 Å². The van der Waals surface area contributed by atoms with Gasteiger partial charge in [-0.05, 0) is 26.3 Å². The van der Waals surface area contributed by atoms with E-state index in [4.69, 9.17) is 5.73 Å². The maximum Gasteiger partial charge on any atom is 0.0172 e. The van der Waals surface area contributed by atoms with Crippen LogP contribution in [-0.2, 0) is 0 Å². The lowest BCUT2D eigenvalue weighted by Crippen LogP contribution is -1.98. The standard InChI is InChI=1S/C10H17N/c1-8(2)10(4)6-5-9(3)7-11/h5-6H,3,7,11H2,1-2,4H3/b6-5-. The van der Waals surface area contributed by atoms with E-state index in [-0.39, 0.29) is 0 Å². The van der Waals surface area contributed by atoms with Gasteiger partial charge in [0.25, 0.3) is 0 Å². The zero-order valence-electron chi connectivity index (χ0n) is 7.65. The molecule has 0 aromatic carbocycles. The number of allylic oxidation sites excluding steroid dienone is 3. The molecule has 0 saturated heterocycles. The summed E-state index contributed by atoms with van der Waals surface area (Å²) in [5.74, 6) is 0. The SMILES string of the molecule is C=C(/C=C\C(C)=C(C)C)CN. The first kappa shape index (κ1) is 10.2. The molecule has 11 heavy (non-hydrogen) atoms. The van der Waals surface area contributed by atoms with E-state index in [2.05, 4.69) is 27.4 Å². The molecular weight excluding hydrogens is 134 g/mol. The summed E-state index contributed by atoms with van der Waals surface area (Å²) in [6.07, 6.45) is 4.01. The Bertz CT molecular complexity index is 193. The van der Waals surface area contributed by atoms with Crippen LogP contribution in [0.3, 0.4) is 0 Å². The molecule has 0 spiro atoms. The lowest BCUT2D eigenvalue weighted by atomic mass is 10.1. The first-order valence-corrected chi connectivity index (χ1v) is 3.78. The third-order valence-electron chi connectivity index (χ3n) is 1.62. The monoisotopic (exact) mass is 151 g/mol. The van der Waals surface area contributed by atoms with Crippen molar-refractivity contribution >= 4 is 0 Å². The van der Waals surface area contributed by atoms with E-state index < -0.39 is 0 Å². The molecule has 0 aliphatic carbocycles. The van der Waals surface area contributed by atoms with Crippen LogP contribution in [-0.4, -0.2) is 6.54 Å². The molecule has 0 saturated carbocycles. The molecule has 0 aliphatic rings. The molecule has 2 N–H and O–H groups in total. The third kappa shape index (κ3) is 4.57. The summed E-state index contributed by atoms with van der Waals surface area (Å²) in [5, 5.41) is 0. The second kappa shape index (κ2) is 4.91. The van der Waals surface area contributed by atoms with E-state index in [0.29, 0.717) is 6.54 Å². The highest BCUT2D eigenvalue weighted by Crippen LogP contribution is 2.04. The van der Waals surface area contributed by atoms with E-state index in [1.54, 1.807) is 0 Å². The summed E-state index contributed by atoms with van der Waals surface area (Å²) in [5.41, 5.74) is 8.93. The van der Waals surface area contributed by atoms with Crippen LogP contribution in [0.1, 0.15) is 20.8 Å². The van der Waals surface area contributed by atoms with E-state index in [9.17, 15) is 0 Å². The average Bonchev–Trinajstić information content (AvgIpc) is 1.99. The minimum absolute atomic E-state index is 0.534. The molecule has 0 aromatic heterocycles. The highest BCUT2D eigenvalue weighted by Gasteiger charge is 1.85. The summed E-state index contributed by atoms with van der Waals surface area (Å²) in [7, 11) is 0. The molecule has 1 nitrogen and oxygen atoms in total. The molecule has 0 radical (unpaired) electrons. The van der Waals surface area contributed by atoms with Gasteiger partial charge in [0.2, 0.25) is 0 Å². The molecular formula is C10H17N. The van der Waals surface area contributed by atoms with Crippen molar-refractivity contribution in [2.24, 2.45) is 5.73 Å². The van der Waals surface area contributed by atoms with Crippen LogP contribution in [0.2, 0.25) is 0 Å². The molecule has 62 valence electrons. The van der Waals surface area contributed by atoms with E-state index in [1.807, 2.05) is 12.2 Å². The molecule has 0 aromatic rings. The predicted molar refractivity (Wildman–Crippen MR) is 51.4 cm³/mol. The summed E-state index contributed by atoms with van der Waals surface area (Å²) in [6, 6.07) is 0. The summed E-state index contributed by atoms with van der Waals surface area (Å²) in [4.78, 5) is 0. The van der Waals surface area contributed by atoms with Crippen molar-refractivity contribution in [3.63, 3.8) is 0 Å². The van der Waals surface area contributed by atoms with Gasteiger partial charge in [0, 0.05) is 6.54 Å². The average molecular weight is 151 g/mol. The Morgan fingerprint density at radius 3 is 2.18 bits per heavy atom. The van der Waals surface area contributed by atoms with Crippen molar-refractivity contribution < 1.29 is 0 Å². The lowest BCUT2D eigenvalue weighted by Gasteiger charge is -1.96. The minimum Gasteiger partial charge on any atom is -0.327 e. The fraction of sp³-hybridized carbons (Fsp3) is 0.400. The van der Waals surface area contributed by atoms with Gasteiger partial charge in [0.05, 0.1) is 0 Å². The molecule has 0 amide bonds. The van der Waals surface area contributed by atoms with Crippen LogP contribution in [0.25, 0.3) is 0 Å². The molecule has 0 bridgehead atoms. The smallest absolute Gasteiger partial charge is 0.0172 e. The van der Waals surface area contributed by atoms with Gasteiger partial charge in [-0.15, -0.1) is 0 Å². The van der Waals surface area contributed by atoms with Crippen molar-refractivity contribution in [3.05, 3.63) is 35.5 Å². The quantitative estimate of drug-likeness (QED) is 0.616. The number of hydrogen-bond donors (Lipinski definition) is 1. The Morgan fingerprint density at radius 1 is 1.27 bits per heavy atom. The van der Waals surface area contributed by atoms with Gasteiger partial charge in [-0.1, -0.05) is 29.9 Å². The van der Waals surface area contributed by atoms with Gasteiger partial charge < -0.3 is 5.73 Å². The highest BCUT2D eigenvalue weighted by molar-refractivity contribution is 5.27. The van der Waals surface area contributed by atoms with Gasteiger partial charge in [-0.3, -0.25) is 0 Å². The van der Waals surface area contributed by atoms with Crippen LogP contribution in [0.15, 0.2) is 35.5 Å². The third-order valence-corrected chi connectivity index (χ3v) is 1.62. The van der Waals surface area contributed by atoms with E-state index in [0.717, 1.165) is 5.57 Å². The van der Waals surface area contributed by atoms with E-state index >= 15 is 0 Å². The Morgan fingerprint density at radius 2 is 1.82 bits per heavy atom. The van der Waals surface area contributed by atoms with Crippen LogP contribution in [0.5, 0.6) is 0 Å². The molecule has 0 rings (SSSR count). The van der Waals surface area contributed by atoms with Crippen molar-refractivity contribution in [2.75, 3.05) is 6.54 Å². The number of nitrogens with two attached hydrogens (primary N) is 1. The zero-order chi connectivity index (χ0) is 8.85. The topological polar surface area (TPSA) is 26.0 Å².